The molecule has 2 aromatic heterocycles. The highest BCUT2D eigenvalue weighted by molar-refractivity contribution is 7.09. The second-order valence-electron chi connectivity index (χ2n) is 7.59. The van der Waals surface area contributed by atoms with Crippen LogP contribution in [0.2, 0.25) is 0 Å². The third-order valence-electron chi connectivity index (χ3n) is 5.50. The van der Waals surface area contributed by atoms with Crippen molar-refractivity contribution in [3.63, 3.8) is 0 Å². The Morgan fingerprint density at radius 3 is 2.50 bits per heavy atom. The second-order valence-corrected chi connectivity index (χ2v) is 8.63. The molecule has 3 heterocycles. The third-order valence-corrected chi connectivity index (χ3v) is 6.36. The first-order valence-corrected chi connectivity index (χ1v) is 11.4. The monoisotopic (exact) mass is 422 g/mol. The van der Waals surface area contributed by atoms with Crippen LogP contribution in [0.3, 0.4) is 0 Å². The zero-order chi connectivity index (χ0) is 20.6. The number of aromatic nitrogens is 2. The molecule has 0 spiro atoms. The molecule has 1 aliphatic heterocycles. The molecule has 3 aromatic rings. The number of piperazine rings is 1. The minimum atomic E-state index is 0.235. The van der Waals surface area contributed by atoms with Crippen LogP contribution >= 0.6 is 11.3 Å². The van der Waals surface area contributed by atoms with Gasteiger partial charge < -0.3 is 14.7 Å². The van der Waals surface area contributed by atoms with Crippen LogP contribution in [-0.4, -0.2) is 60.0 Å². The summed E-state index contributed by atoms with van der Waals surface area (Å²) < 4.78 is 0. The van der Waals surface area contributed by atoms with Gasteiger partial charge in [-0.05, 0) is 29.5 Å². The van der Waals surface area contributed by atoms with E-state index in [1.54, 1.807) is 23.7 Å². The molecule has 0 atom stereocenters. The average Bonchev–Trinajstić information content (AvgIpc) is 3.31. The van der Waals surface area contributed by atoms with Crippen LogP contribution < -0.4 is 9.80 Å². The van der Waals surface area contributed by atoms with E-state index in [2.05, 4.69) is 56.6 Å². The Bertz CT molecular complexity index is 896. The van der Waals surface area contributed by atoms with Gasteiger partial charge in [-0.3, -0.25) is 4.79 Å². The fourth-order valence-electron chi connectivity index (χ4n) is 3.77. The van der Waals surface area contributed by atoms with Gasteiger partial charge in [-0.15, -0.1) is 11.3 Å². The lowest BCUT2D eigenvalue weighted by Gasteiger charge is -2.33. The van der Waals surface area contributed by atoms with Crippen molar-refractivity contribution in [2.24, 2.45) is 0 Å². The molecule has 156 valence electrons. The highest BCUT2D eigenvalue weighted by Gasteiger charge is 2.26. The molecule has 30 heavy (non-hydrogen) atoms. The number of rotatable bonds is 8. The third kappa shape index (κ3) is 5.64. The number of hydrogen-bond donors (Lipinski definition) is 1. The van der Waals surface area contributed by atoms with Gasteiger partial charge in [0.1, 0.15) is 0 Å². The summed E-state index contributed by atoms with van der Waals surface area (Å²) >= 11 is 1.71. The summed E-state index contributed by atoms with van der Waals surface area (Å²) in [6.45, 7) is 5.59. The maximum atomic E-state index is 13.2. The SMILES string of the molecule is O=C(C[NH+]1CCN(c2ncccn2)CC1)N(CCc1ccccc1)Cc1cccs1. The molecule has 1 N–H and O–H groups in total. The van der Waals surface area contributed by atoms with E-state index in [0.29, 0.717) is 13.1 Å². The highest BCUT2D eigenvalue weighted by Crippen LogP contribution is 2.13. The lowest BCUT2D eigenvalue weighted by Crippen LogP contribution is -3.15. The predicted molar refractivity (Wildman–Crippen MR) is 120 cm³/mol. The Morgan fingerprint density at radius 1 is 1.03 bits per heavy atom. The Kier molecular flexibility index (Phi) is 7.05. The molecule has 1 aliphatic rings. The number of carbonyl (C=O) groups is 1. The van der Waals surface area contributed by atoms with E-state index in [0.717, 1.165) is 45.1 Å². The minimum Gasteiger partial charge on any atom is -0.332 e. The molecular weight excluding hydrogens is 394 g/mol. The molecule has 0 saturated carbocycles. The average molecular weight is 423 g/mol. The predicted octanol–water partition coefficient (Wildman–Crippen LogP) is 1.51. The largest absolute Gasteiger partial charge is 0.332 e. The van der Waals surface area contributed by atoms with Gasteiger partial charge in [0.15, 0.2) is 6.54 Å². The van der Waals surface area contributed by atoms with Crippen molar-refractivity contribution < 1.29 is 9.69 Å². The van der Waals surface area contributed by atoms with Crippen molar-refractivity contribution in [1.29, 1.82) is 0 Å². The number of nitrogens with zero attached hydrogens (tertiary/aromatic N) is 4. The minimum absolute atomic E-state index is 0.235. The second kappa shape index (κ2) is 10.3. The summed E-state index contributed by atoms with van der Waals surface area (Å²) in [5.41, 5.74) is 1.27. The van der Waals surface area contributed by atoms with Gasteiger partial charge in [-0.25, -0.2) is 9.97 Å². The van der Waals surface area contributed by atoms with E-state index < -0.39 is 0 Å². The van der Waals surface area contributed by atoms with Crippen LogP contribution in [-0.2, 0) is 17.8 Å². The highest BCUT2D eigenvalue weighted by atomic mass is 32.1. The van der Waals surface area contributed by atoms with Gasteiger partial charge in [0.2, 0.25) is 5.95 Å². The molecule has 1 fully saturated rings. The van der Waals surface area contributed by atoms with Crippen molar-refractivity contribution in [2.45, 2.75) is 13.0 Å². The molecule has 7 heteroatoms. The van der Waals surface area contributed by atoms with E-state index in [1.165, 1.54) is 15.3 Å². The molecule has 1 amide bonds. The Balaban J connectivity index is 1.33. The Labute approximate surface area is 181 Å². The van der Waals surface area contributed by atoms with Crippen molar-refractivity contribution in [3.8, 4) is 0 Å². The number of anilines is 1. The normalized spacial score (nSPS) is 14.6. The molecule has 0 unspecified atom stereocenters. The zero-order valence-corrected chi connectivity index (χ0v) is 17.9. The number of quaternary nitrogens is 1. The van der Waals surface area contributed by atoms with Crippen LogP contribution in [0.1, 0.15) is 10.4 Å². The zero-order valence-electron chi connectivity index (χ0n) is 17.1. The maximum Gasteiger partial charge on any atom is 0.278 e. The molecule has 1 saturated heterocycles. The molecular formula is C23H28N5OS+. The standard InChI is InChI=1S/C23H27N5OS/c29-22(19-26-13-15-27(16-14-26)23-24-10-5-11-25-23)28(18-21-8-4-17-30-21)12-9-20-6-2-1-3-7-20/h1-8,10-11,17H,9,12-16,18-19H2/p+1. The number of hydrogen-bond acceptors (Lipinski definition) is 5. The molecule has 1 aromatic carbocycles. The first-order valence-electron chi connectivity index (χ1n) is 10.5. The van der Waals surface area contributed by atoms with Gasteiger partial charge in [0, 0.05) is 23.8 Å². The molecule has 0 aliphatic carbocycles. The van der Waals surface area contributed by atoms with Gasteiger partial charge in [0.05, 0.1) is 32.7 Å². The van der Waals surface area contributed by atoms with Crippen molar-refractivity contribution in [2.75, 3.05) is 44.2 Å². The van der Waals surface area contributed by atoms with Crippen LogP contribution in [0.5, 0.6) is 0 Å². The summed E-state index contributed by atoms with van der Waals surface area (Å²) in [5.74, 6) is 1.02. The maximum absolute atomic E-state index is 13.2. The summed E-state index contributed by atoms with van der Waals surface area (Å²) in [6, 6.07) is 16.4. The molecule has 0 radical (unpaired) electrons. The van der Waals surface area contributed by atoms with E-state index in [-0.39, 0.29) is 5.91 Å². The molecule has 6 nitrogen and oxygen atoms in total. The smallest absolute Gasteiger partial charge is 0.278 e. The Morgan fingerprint density at radius 2 is 1.80 bits per heavy atom. The number of carbonyl (C=O) groups excluding carboxylic acids is 1. The van der Waals surface area contributed by atoms with E-state index in [1.807, 2.05) is 17.0 Å². The lowest BCUT2D eigenvalue weighted by atomic mass is 10.1. The quantitative estimate of drug-likeness (QED) is 0.598. The molecule has 4 rings (SSSR count). The van der Waals surface area contributed by atoms with E-state index >= 15 is 0 Å². The number of amides is 1. The van der Waals surface area contributed by atoms with Gasteiger partial charge in [-0.1, -0.05) is 36.4 Å². The van der Waals surface area contributed by atoms with Crippen molar-refractivity contribution in [1.82, 2.24) is 14.9 Å². The van der Waals surface area contributed by atoms with Crippen molar-refractivity contribution in [3.05, 3.63) is 76.7 Å². The fraction of sp³-hybridized carbons (Fsp3) is 0.348. The van der Waals surface area contributed by atoms with Crippen LogP contribution in [0.4, 0.5) is 5.95 Å². The van der Waals surface area contributed by atoms with E-state index in [9.17, 15) is 4.79 Å². The van der Waals surface area contributed by atoms with Gasteiger partial charge in [-0.2, -0.15) is 0 Å². The number of thiophene rings is 1. The topological polar surface area (TPSA) is 53.8 Å². The first kappa shape index (κ1) is 20.5. The lowest BCUT2D eigenvalue weighted by molar-refractivity contribution is -0.892. The van der Waals surface area contributed by atoms with Crippen LogP contribution in [0.15, 0.2) is 66.3 Å². The fourth-order valence-corrected chi connectivity index (χ4v) is 4.49. The first-order chi connectivity index (χ1) is 14.8. The Hall–Kier alpha value is -2.77. The van der Waals surface area contributed by atoms with Crippen LogP contribution in [0, 0.1) is 0 Å². The van der Waals surface area contributed by atoms with Gasteiger partial charge >= 0.3 is 0 Å². The van der Waals surface area contributed by atoms with Gasteiger partial charge in [0.25, 0.3) is 5.91 Å². The summed E-state index contributed by atoms with van der Waals surface area (Å²) in [7, 11) is 0. The number of nitrogens with one attached hydrogen (secondary N) is 1. The summed E-state index contributed by atoms with van der Waals surface area (Å²) in [4.78, 5) is 28.7. The van der Waals surface area contributed by atoms with Crippen molar-refractivity contribution >= 4 is 23.2 Å². The number of benzene rings is 1. The molecule has 0 bridgehead atoms. The van der Waals surface area contributed by atoms with Crippen LogP contribution in [0.25, 0.3) is 0 Å². The summed E-state index contributed by atoms with van der Waals surface area (Å²) in [5, 5.41) is 2.07. The van der Waals surface area contributed by atoms with E-state index in [4.69, 9.17) is 0 Å². The summed E-state index contributed by atoms with van der Waals surface area (Å²) in [6.07, 6.45) is 4.44.